The van der Waals surface area contributed by atoms with Gasteiger partial charge in [0, 0.05) is 12.2 Å². The first kappa shape index (κ1) is 30.7. The van der Waals surface area contributed by atoms with Gasteiger partial charge < -0.3 is 25.0 Å². The minimum absolute atomic E-state index is 0.278. The van der Waals surface area contributed by atoms with Crippen molar-refractivity contribution in [1.29, 1.82) is 0 Å². The van der Waals surface area contributed by atoms with E-state index in [1.165, 1.54) is 0 Å². The van der Waals surface area contributed by atoms with Gasteiger partial charge in [-0.05, 0) is 82.0 Å². The number of rotatable bonds is 12. The fraction of sp³-hybridized carbons (Fsp3) is 0.500. The number of carbonyl (C=O) groups is 3. The highest BCUT2D eigenvalue weighted by Gasteiger charge is 2.33. The second-order valence-electron chi connectivity index (χ2n) is 10.4. The molecule has 0 saturated heterocycles. The van der Waals surface area contributed by atoms with Crippen molar-refractivity contribution in [3.8, 4) is 5.75 Å². The maximum Gasteiger partial charge on any atom is 0.408 e. The molecule has 0 aliphatic heterocycles. The lowest BCUT2D eigenvalue weighted by Gasteiger charge is -2.33. The van der Waals surface area contributed by atoms with E-state index in [1.54, 1.807) is 57.0 Å². The van der Waals surface area contributed by atoms with Crippen molar-refractivity contribution in [2.75, 3.05) is 25.5 Å². The highest BCUT2D eigenvalue weighted by Crippen LogP contribution is 2.30. The minimum atomic E-state index is -0.882. The standard InChI is InChI=1S/C30H43N3O5/c1-8-9-10-11-19-33(25(34)20-31-29(36)38-30(4,5)6)27(26-21(2)13-12-14-22(26)3)28(35)32-23-15-17-24(37-7)18-16-23/h12-18,27H,8-11,19-20H2,1-7H3,(H,31,36)(H,32,35). The summed E-state index contributed by atoms with van der Waals surface area (Å²) >= 11 is 0. The van der Waals surface area contributed by atoms with Crippen LogP contribution in [0.1, 0.15) is 76.1 Å². The topological polar surface area (TPSA) is 97.0 Å². The Morgan fingerprint density at radius 1 is 0.947 bits per heavy atom. The van der Waals surface area contributed by atoms with E-state index in [9.17, 15) is 14.4 Å². The molecule has 8 heteroatoms. The quantitative estimate of drug-likeness (QED) is 0.335. The third-order valence-electron chi connectivity index (χ3n) is 6.09. The Hall–Kier alpha value is -3.55. The van der Waals surface area contributed by atoms with E-state index in [0.29, 0.717) is 18.0 Å². The van der Waals surface area contributed by atoms with Gasteiger partial charge in [-0.3, -0.25) is 9.59 Å². The zero-order valence-electron chi connectivity index (χ0n) is 23.8. The number of alkyl carbamates (subject to hydrolysis) is 1. The Morgan fingerprint density at radius 2 is 1.58 bits per heavy atom. The average molecular weight is 526 g/mol. The Bertz CT molecular complexity index is 1060. The molecule has 2 rings (SSSR count). The molecular weight excluding hydrogens is 482 g/mol. The number of amides is 3. The van der Waals surface area contributed by atoms with Crippen LogP contribution in [0.2, 0.25) is 0 Å². The summed E-state index contributed by atoms with van der Waals surface area (Å²) in [5, 5.41) is 5.54. The molecule has 1 unspecified atom stereocenters. The van der Waals surface area contributed by atoms with Gasteiger partial charge in [0.15, 0.2) is 0 Å². The molecule has 0 spiro atoms. The predicted octanol–water partition coefficient (Wildman–Crippen LogP) is 5.93. The first-order valence-electron chi connectivity index (χ1n) is 13.2. The van der Waals surface area contributed by atoms with E-state index in [0.717, 1.165) is 42.4 Å². The van der Waals surface area contributed by atoms with Crippen molar-refractivity contribution in [2.24, 2.45) is 0 Å². The summed E-state index contributed by atoms with van der Waals surface area (Å²) in [4.78, 5) is 41.3. The molecule has 0 aliphatic rings. The van der Waals surface area contributed by atoms with E-state index in [-0.39, 0.29) is 18.4 Å². The molecule has 0 bridgehead atoms. The number of ether oxygens (including phenoxy) is 2. The molecule has 2 aromatic carbocycles. The van der Waals surface area contributed by atoms with Gasteiger partial charge in [-0.1, -0.05) is 44.4 Å². The van der Waals surface area contributed by atoms with E-state index in [4.69, 9.17) is 9.47 Å². The fourth-order valence-electron chi connectivity index (χ4n) is 4.24. The minimum Gasteiger partial charge on any atom is -0.497 e. The smallest absolute Gasteiger partial charge is 0.408 e. The third kappa shape index (κ3) is 9.39. The van der Waals surface area contributed by atoms with Gasteiger partial charge >= 0.3 is 6.09 Å². The lowest BCUT2D eigenvalue weighted by atomic mass is 9.93. The van der Waals surface area contributed by atoms with Crippen LogP contribution in [0.15, 0.2) is 42.5 Å². The van der Waals surface area contributed by atoms with Crippen LogP contribution in [-0.4, -0.2) is 48.6 Å². The van der Waals surface area contributed by atoms with Gasteiger partial charge in [-0.2, -0.15) is 0 Å². The van der Waals surface area contributed by atoms with Gasteiger partial charge in [0.2, 0.25) is 5.91 Å². The Labute approximate surface area is 227 Å². The zero-order chi connectivity index (χ0) is 28.3. The molecular formula is C30H43N3O5. The number of nitrogens with one attached hydrogen (secondary N) is 2. The highest BCUT2D eigenvalue weighted by molar-refractivity contribution is 5.98. The van der Waals surface area contributed by atoms with Crippen molar-refractivity contribution in [3.05, 3.63) is 59.2 Å². The molecule has 208 valence electrons. The summed E-state index contributed by atoms with van der Waals surface area (Å²) in [6.07, 6.45) is 3.07. The third-order valence-corrected chi connectivity index (χ3v) is 6.09. The summed E-state index contributed by atoms with van der Waals surface area (Å²) in [6, 6.07) is 12.0. The lowest BCUT2D eigenvalue weighted by molar-refractivity contribution is -0.138. The van der Waals surface area contributed by atoms with Crippen molar-refractivity contribution in [2.45, 2.75) is 78.9 Å². The number of nitrogens with zero attached hydrogens (tertiary/aromatic N) is 1. The van der Waals surface area contributed by atoms with Gasteiger partial charge in [-0.15, -0.1) is 0 Å². The van der Waals surface area contributed by atoms with E-state index in [2.05, 4.69) is 17.6 Å². The summed E-state index contributed by atoms with van der Waals surface area (Å²) < 4.78 is 10.5. The first-order chi connectivity index (χ1) is 18.0. The van der Waals surface area contributed by atoms with Crippen LogP contribution in [0.5, 0.6) is 5.75 Å². The Kier molecular flexibility index (Phi) is 11.6. The monoisotopic (exact) mass is 525 g/mol. The van der Waals surface area contributed by atoms with E-state index < -0.39 is 17.7 Å². The second-order valence-corrected chi connectivity index (χ2v) is 10.4. The number of anilines is 1. The highest BCUT2D eigenvalue weighted by atomic mass is 16.6. The molecule has 2 N–H and O–H groups in total. The normalized spacial score (nSPS) is 11.9. The zero-order valence-corrected chi connectivity index (χ0v) is 23.8. The SMILES string of the molecule is CCCCCCN(C(=O)CNC(=O)OC(C)(C)C)C(C(=O)Nc1ccc(OC)cc1)c1c(C)cccc1C. The summed E-state index contributed by atoms with van der Waals surface area (Å²) in [6.45, 7) is 11.4. The van der Waals surface area contributed by atoms with Crippen LogP contribution in [0.4, 0.5) is 10.5 Å². The van der Waals surface area contributed by atoms with Gasteiger partial charge in [-0.25, -0.2) is 4.79 Å². The Balaban J connectivity index is 2.42. The molecule has 2 aromatic rings. The average Bonchev–Trinajstić information content (AvgIpc) is 2.85. The van der Waals surface area contributed by atoms with Gasteiger partial charge in [0.1, 0.15) is 23.9 Å². The second kappa shape index (κ2) is 14.4. The van der Waals surface area contributed by atoms with Crippen molar-refractivity contribution >= 4 is 23.6 Å². The molecule has 1 atom stereocenters. The maximum atomic E-state index is 13.9. The molecule has 0 saturated carbocycles. The molecule has 38 heavy (non-hydrogen) atoms. The van der Waals surface area contributed by atoms with Crippen LogP contribution in [-0.2, 0) is 14.3 Å². The summed E-state index contributed by atoms with van der Waals surface area (Å²) in [5.74, 6) is -0.00573. The molecule has 0 radical (unpaired) electrons. The Morgan fingerprint density at radius 3 is 2.13 bits per heavy atom. The summed E-state index contributed by atoms with van der Waals surface area (Å²) in [7, 11) is 1.58. The number of methoxy groups -OCH3 is 1. The number of unbranched alkanes of at least 4 members (excludes halogenated alkanes) is 3. The first-order valence-corrected chi connectivity index (χ1v) is 13.2. The summed E-state index contributed by atoms with van der Waals surface area (Å²) in [5.41, 5.74) is 2.50. The van der Waals surface area contributed by atoms with Crippen LogP contribution in [0.3, 0.4) is 0 Å². The molecule has 8 nitrogen and oxygen atoms in total. The van der Waals surface area contributed by atoms with Gasteiger partial charge in [0.05, 0.1) is 7.11 Å². The van der Waals surface area contributed by atoms with Crippen molar-refractivity contribution in [3.63, 3.8) is 0 Å². The number of carbonyl (C=O) groups excluding carboxylic acids is 3. The van der Waals surface area contributed by atoms with Crippen LogP contribution in [0.25, 0.3) is 0 Å². The maximum absolute atomic E-state index is 13.9. The molecule has 0 aromatic heterocycles. The number of hydrogen-bond acceptors (Lipinski definition) is 5. The lowest BCUT2D eigenvalue weighted by Crippen LogP contribution is -2.47. The fourth-order valence-corrected chi connectivity index (χ4v) is 4.24. The van der Waals surface area contributed by atoms with Crippen LogP contribution < -0.4 is 15.4 Å². The van der Waals surface area contributed by atoms with E-state index >= 15 is 0 Å². The molecule has 0 aliphatic carbocycles. The number of hydrogen-bond donors (Lipinski definition) is 2. The van der Waals surface area contributed by atoms with E-state index in [1.807, 2.05) is 32.0 Å². The number of benzene rings is 2. The van der Waals surface area contributed by atoms with Crippen molar-refractivity contribution < 1.29 is 23.9 Å². The molecule has 3 amide bonds. The predicted molar refractivity (Wildman–Crippen MR) is 150 cm³/mol. The largest absolute Gasteiger partial charge is 0.497 e. The molecule has 0 fully saturated rings. The van der Waals surface area contributed by atoms with Crippen LogP contribution >= 0.6 is 0 Å². The number of aryl methyl sites for hydroxylation is 2. The van der Waals surface area contributed by atoms with Crippen molar-refractivity contribution in [1.82, 2.24) is 10.2 Å². The van der Waals surface area contributed by atoms with Gasteiger partial charge in [0.25, 0.3) is 5.91 Å². The molecule has 0 heterocycles. The van der Waals surface area contributed by atoms with Crippen LogP contribution in [0, 0.1) is 13.8 Å².